The summed E-state index contributed by atoms with van der Waals surface area (Å²) >= 11 is 5.78. The van der Waals surface area contributed by atoms with E-state index < -0.39 is 51.8 Å². The first-order chi connectivity index (χ1) is 12.3. The molecule has 1 saturated carbocycles. The first-order valence-corrected chi connectivity index (χ1v) is 9.84. The van der Waals surface area contributed by atoms with Crippen molar-refractivity contribution in [2.24, 2.45) is 5.92 Å². The van der Waals surface area contributed by atoms with Gasteiger partial charge in [0.2, 0.25) is 0 Å². The normalized spacial score (nSPS) is 31.7. The predicted molar refractivity (Wildman–Crippen MR) is 87.1 cm³/mol. The van der Waals surface area contributed by atoms with Gasteiger partial charge in [0, 0.05) is 10.9 Å². The Labute approximate surface area is 158 Å². The second kappa shape index (κ2) is 6.84. The van der Waals surface area contributed by atoms with E-state index in [4.69, 9.17) is 21.1 Å². The Bertz CT molecular complexity index is 796. The second-order valence-corrected chi connectivity index (χ2v) is 8.95. The van der Waals surface area contributed by atoms with E-state index in [2.05, 4.69) is 4.18 Å². The fourth-order valence-corrected chi connectivity index (χ4v) is 4.21. The average Bonchev–Trinajstić information content (AvgIpc) is 3.00. The fourth-order valence-electron chi connectivity index (χ4n) is 3.46. The van der Waals surface area contributed by atoms with E-state index in [-0.39, 0.29) is 12.0 Å². The number of benzene rings is 1. The number of fused-ring (bicyclic) bond motifs is 1. The van der Waals surface area contributed by atoms with Gasteiger partial charge in [-0.25, -0.2) is 4.39 Å². The minimum Gasteiger partial charge on any atom is -0.344 e. The van der Waals surface area contributed by atoms with Crippen molar-refractivity contribution >= 4 is 21.7 Å². The maximum atomic E-state index is 15.1. The lowest BCUT2D eigenvalue weighted by Gasteiger charge is -2.25. The van der Waals surface area contributed by atoms with Crippen LogP contribution in [0.25, 0.3) is 0 Å². The molecule has 0 bridgehead atoms. The Morgan fingerprint density at radius 3 is 2.30 bits per heavy atom. The largest absolute Gasteiger partial charge is 0.523 e. The molecular formula is C16H17ClF4O5S. The first-order valence-electron chi connectivity index (χ1n) is 8.05. The summed E-state index contributed by atoms with van der Waals surface area (Å²) in [5.41, 5.74) is -5.34. The summed E-state index contributed by atoms with van der Waals surface area (Å²) in [5.74, 6) is -2.16. The van der Waals surface area contributed by atoms with E-state index in [1.807, 2.05) is 0 Å². The van der Waals surface area contributed by atoms with Crippen molar-refractivity contribution in [1.29, 1.82) is 0 Å². The topological polar surface area (TPSA) is 61.8 Å². The Hall–Kier alpha value is -0.940. The molecule has 1 aromatic carbocycles. The molecule has 2 fully saturated rings. The standard InChI is InChI=1S/C16H17ClF4O5S/c1-15(2)24-13-10(12(18)8-3-5-9(17)6-4-8)7-11(14(13)25-15)26-27(22,23)16(19,20)21/h3-6,10-14H,7H2,1-2H3/t10-,11+,12?,13-,14+/m1/s1. The van der Waals surface area contributed by atoms with Crippen molar-refractivity contribution in [3.8, 4) is 0 Å². The highest BCUT2D eigenvalue weighted by atomic mass is 35.5. The van der Waals surface area contributed by atoms with Gasteiger partial charge >= 0.3 is 15.6 Å². The van der Waals surface area contributed by atoms with Crippen LogP contribution < -0.4 is 0 Å². The predicted octanol–water partition coefficient (Wildman–Crippen LogP) is 4.13. The Balaban J connectivity index is 1.87. The quantitative estimate of drug-likeness (QED) is 0.407. The van der Waals surface area contributed by atoms with E-state index in [0.29, 0.717) is 5.02 Å². The summed E-state index contributed by atoms with van der Waals surface area (Å²) in [4.78, 5) is 0. The Morgan fingerprint density at radius 2 is 1.74 bits per heavy atom. The number of ether oxygens (including phenoxy) is 2. The van der Waals surface area contributed by atoms with Crippen molar-refractivity contribution in [2.75, 3.05) is 0 Å². The third kappa shape index (κ3) is 4.09. The molecule has 2 aliphatic rings. The zero-order valence-corrected chi connectivity index (χ0v) is 15.8. The molecule has 27 heavy (non-hydrogen) atoms. The smallest absolute Gasteiger partial charge is 0.344 e. The molecule has 1 aliphatic heterocycles. The van der Waals surface area contributed by atoms with Crippen molar-refractivity contribution < 1.29 is 39.6 Å². The van der Waals surface area contributed by atoms with Crippen LogP contribution in [-0.4, -0.2) is 38.0 Å². The molecule has 3 rings (SSSR count). The lowest BCUT2D eigenvalue weighted by molar-refractivity contribution is -0.168. The second-order valence-electron chi connectivity index (χ2n) is 6.95. The SMILES string of the molecule is CC1(C)O[C@@H]2[C@H](O1)[C@@H](C(F)c1ccc(Cl)cc1)C[C@@H]2OS(=O)(=O)C(F)(F)F. The van der Waals surface area contributed by atoms with Crippen LogP contribution in [0.4, 0.5) is 17.6 Å². The molecule has 1 heterocycles. The lowest BCUT2D eigenvalue weighted by atomic mass is 9.93. The number of rotatable bonds is 4. The van der Waals surface area contributed by atoms with Gasteiger partial charge in [-0.2, -0.15) is 21.6 Å². The zero-order chi connectivity index (χ0) is 20.2. The van der Waals surface area contributed by atoms with Gasteiger partial charge in [-0.05, 0) is 38.0 Å². The van der Waals surface area contributed by atoms with Gasteiger partial charge in [-0.1, -0.05) is 23.7 Å². The van der Waals surface area contributed by atoms with Crippen molar-refractivity contribution in [3.63, 3.8) is 0 Å². The molecule has 0 aromatic heterocycles. The van der Waals surface area contributed by atoms with E-state index in [9.17, 15) is 21.6 Å². The minimum atomic E-state index is -5.85. The van der Waals surface area contributed by atoms with Crippen LogP contribution in [0.15, 0.2) is 24.3 Å². The highest BCUT2D eigenvalue weighted by Crippen LogP contribution is 2.49. The van der Waals surface area contributed by atoms with Crippen LogP contribution in [0.2, 0.25) is 5.02 Å². The maximum absolute atomic E-state index is 15.1. The van der Waals surface area contributed by atoms with Gasteiger partial charge in [-0.15, -0.1) is 0 Å². The van der Waals surface area contributed by atoms with Gasteiger partial charge in [0.1, 0.15) is 18.4 Å². The van der Waals surface area contributed by atoms with Gasteiger partial charge < -0.3 is 9.47 Å². The van der Waals surface area contributed by atoms with Gasteiger partial charge in [0.05, 0.1) is 6.10 Å². The third-order valence-corrected chi connectivity index (χ3v) is 5.87. The molecular weight excluding hydrogens is 416 g/mol. The Kier molecular flexibility index (Phi) is 5.26. The third-order valence-electron chi connectivity index (χ3n) is 4.55. The van der Waals surface area contributed by atoms with Crippen LogP contribution in [0.5, 0.6) is 0 Å². The monoisotopic (exact) mass is 432 g/mol. The van der Waals surface area contributed by atoms with Crippen LogP contribution >= 0.6 is 11.6 Å². The summed E-state index contributed by atoms with van der Waals surface area (Å²) in [6.07, 6.45) is -5.56. The van der Waals surface area contributed by atoms with Crippen molar-refractivity contribution in [1.82, 2.24) is 0 Å². The first kappa shape index (κ1) is 20.8. The van der Waals surface area contributed by atoms with E-state index in [0.717, 1.165) is 0 Å². The maximum Gasteiger partial charge on any atom is 0.523 e. The number of hydrogen-bond donors (Lipinski definition) is 0. The van der Waals surface area contributed by atoms with E-state index >= 15 is 4.39 Å². The van der Waals surface area contributed by atoms with Gasteiger partial charge in [0.15, 0.2) is 5.79 Å². The highest BCUT2D eigenvalue weighted by Gasteiger charge is 2.60. The van der Waals surface area contributed by atoms with Crippen LogP contribution in [0, 0.1) is 5.92 Å². The molecule has 5 nitrogen and oxygen atoms in total. The van der Waals surface area contributed by atoms with Crippen molar-refractivity contribution in [2.45, 2.75) is 56.0 Å². The van der Waals surface area contributed by atoms with Crippen LogP contribution in [0.3, 0.4) is 0 Å². The number of alkyl halides is 4. The summed E-state index contributed by atoms with van der Waals surface area (Å²) in [7, 11) is -5.85. The number of halogens is 5. The number of hydrogen-bond acceptors (Lipinski definition) is 5. The van der Waals surface area contributed by atoms with Gasteiger partial charge in [-0.3, -0.25) is 4.18 Å². The van der Waals surface area contributed by atoms with Crippen LogP contribution in [-0.2, 0) is 23.8 Å². The van der Waals surface area contributed by atoms with Gasteiger partial charge in [0.25, 0.3) is 0 Å². The Morgan fingerprint density at radius 1 is 1.19 bits per heavy atom. The molecule has 152 valence electrons. The average molecular weight is 433 g/mol. The van der Waals surface area contributed by atoms with E-state index in [1.54, 1.807) is 0 Å². The molecule has 5 atom stereocenters. The summed E-state index contributed by atoms with van der Waals surface area (Å²) in [6, 6.07) is 5.86. The summed E-state index contributed by atoms with van der Waals surface area (Å²) < 4.78 is 91.4. The molecule has 0 amide bonds. The molecule has 0 radical (unpaired) electrons. The summed E-state index contributed by atoms with van der Waals surface area (Å²) in [6.45, 7) is 3.01. The zero-order valence-electron chi connectivity index (χ0n) is 14.2. The van der Waals surface area contributed by atoms with E-state index in [1.165, 1.54) is 38.1 Å². The van der Waals surface area contributed by atoms with Crippen LogP contribution in [0.1, 0.15) is 32.0 Å². The molecule has 1 saturated heterocycles. The molecule has 0 N–H and O–H groups in total. The fraction of sp³-hybridized carbons (Fsp3) is 0.625. The molecule has 1 unspecified atom stereocenters. The molecule has 1 aliphatic carbocycles. The highest BCUT2D eigenvalue weighted by molar-refractivity contribution is 7.87. The lowest BCUT2D eigenvalue weighted by Crippen LogP contribution is -2.36. The summed E-state index contributed by atoms with van der Waals surface area (Å²) in [5, 5.41) is 0.398. The molecule has 1 aromatic rings. The molecule has 11 heteroatoms. The minimum absolute atomic E-state index is 0.246. The van der Waals surface area contributed by atoms with Crippen molar-refractivity contribution in [3.05, 3.63) is 34.9 Å². The molecule has 0 spiro atoms.